The van der Waals surface area contributed by atoms with Gasteiger partial charge in [-0.2, -0.15) is 5.26 Å². The quantitative estimate of drug-likeness (QED) is 0.342. The number of aromatic nitrogens is 3. The lowest BCUT2D eigenvalue weighted by Crippen LogP contribution is -2.14. The van der Waals surface area contributed by atoms with E-state index in [2.05, 4.69) is 37.5 Å². The standard InChI is InChI=1S/C22H18BrN5O2S2/c1-28-20(17-9-12-8-13(23)6-7-16(12)30-17)26-27-22(28)31-11-19(29)25-21-15(10-24)14-4-2-3-5-18(14)32-21/h6-9H,2-5,11H2,1H3,(H,25,29). The Balaban J connectivity index is 1.29. The molecule has 0 aliphatic heterocycles. The molecule has 0 unspecified atom stereocenters. The summed E-state index contributed by atoms with van der Waals surface area (Å²) in [5, 5.41) is 23.2. The lowest BCUT2D eigenvalue weighted by atomic mass is 9.96. The molecule has 3 aromatic heterocycles. The van der Waals surface area contributed by atoms with Crippen LogP contribution in [0.5, 0.6) is 0 Å². The first-order valence-corrected chi connectivity index (χ1v) is 12.7. The number of furan rings is 1. The minimum absolute atomic E-state index is 0.164. The lowest BCUT2D eigenvalue weighted by Gasteiger charge is -2.09. The van der Waals surface area contributed by atoms with E-state index in [4.69, 9.17) is 4.42 Å². The Bertz CT molecular complexity index is 1380. The Morgan fingerprint density at radius 1 is 1.34 bits per heavy atom. The summed E-state index contributed by atoms with van der Waals surface area (Å²) in [6, 6.07) is 10.0. The second-order valence-electron chi connectivity index (χ2n) is 7.52. The van der Waals surface area contributed by atoms with Crippen LogP contribution < -0.4 is 5.32 Å². The maximum atomic E-state index is 12.6. The molecule has 32 heavy (non-hydrogen) atoms. The van der Waals surface area contributed by atoms with E-state index in [9.17, 15) is 10.1 Å². The van der Waals surface area contributed by atoms with Gasteiger partial charge >= 0.3 is 0 Å². The molecule has 0 fully saturated rings. The fraction of sp³-hybridized carbons (Fsp3) is 0.273. The molecule has 1 aliphatic carbocycles. The zero-order chi connectivity index (χ0) is 22.2. The Hall–Kier alpha value is -2.61. The van der Waals surface area contributed by atoms with Gasteiger partial charge in [-0.3, -0.25) is 4.79 Å². The second kappa shape index (κ2) is 8.73. The number of benzene rings is 1. The van der Waals surface area contributed by atoms with Gasteiger partial charge in [0.2, 0.25) is 5.91 Å². The van der Waals surface area contributed by atoms with Crippen LogP contribution in [0.2, 0.25) is 0 Å². The molecule has 7 nitrogen and oxygen atoms in total. The van der Waals surface area contributed by atoms with Gasteiger partial charge in [0.1, 0.15) is 16.7 Å². The molecule has 0 atom stereocenters. The highest BCUT2D eigenvalue weighted by atomic mass is 79.9. The van der Waals surface area contributed by atoms with E-state index < -0.39 is 0 Å². The largest absolute Gasteiger partial charge is 0.453 e. The number of halogens is 1. The van der Waals surface area contributed by atoms with Gasteiger partial charge in [0.05, 0.1) is 11.3 Å². The minimum atomic E-state index is -0.164. The summed E-state index contributed by atoms with van der Waals surface area (Å²) in [5.41, 5.74) is 2.51. The van der Waals surface area contributed by atoms with Crippen molar-refractivity contribution in [1.82, 2.24) is 14.8 Å². The number of nitrogens with zero attached hydrogens (tertiary/aromatic N) is 4. The summed E-state index contributed by atoms with van der Waals surface area (Å²) in [5.74, 6) is 1.22. The molecule has 0 spiro atoms. The van der Waals surface area contributed by atoms with Gasteiger partial charge in [-0.15, -0.1) is 21.5 Å². The number of carbonyl (C=O) groups excluding carboxylic acids is 1. The molecule has 10 heteroatoms. The number of rotatable bonds is 5. The van der Waals surface area contributed by atoms with E-state index in [1.807, 2.05) is 35.9 Å². The molecule has 1 aliphatic rings. The third-order valence-corrected chi connectivity index (χ3v) is 8.12. The van der Waals surface area contributed by atoms with Crippen molar-refractivity contribution >= 4 is 60.9 Å². The van der Waals surface area contributed by atoms with Crippen LogP contribution in [0.25, 0.3) is 22.6 Å². The molecule has 3 heterocycles. The van der Waals surface area contributed by atoms with E-state index in [-0.39, 0.29) is 11.7 Å². The Labute approximate surface area is 200 Å². The van der Waals surface area contributed by atoms with Crippen molar-refractivity contribution in [3.8, 4) is 17.7 Å². The molecule has 4 aromatic rings. The summed E-state index contributed by atoms with van der Waals surface area (Å²) in [4.78, 5) is 13.8. The van der Waals surface area contributed by atoms with Crippen LogP contribution >= 0.6 is 39.0 Å². The first-order chi connectivity index (χ1) is 15.5. The smallest absolute Gasteiger partial charge is 0.235 e. The molecular weight excluding hydrogens is 510 g/mol. The predicted molar refractivity (Wildman–Crippen MR) is 129 cm³/mol. The molecular formula is C22H18BrN5O2S2. The average Bonchev–Trinajstić information content (AvgIpc) is 3.46. The normalized spacial score (nSPS) is 13.2. The number of nitriles is 1. The van der Waals surface area contributed by atoms with Crippen LogP contribution in [0.4, 0.5) is 5.00 Å². The van der Waals surface area contributed by atoms with Crippen molar-refractivity contribution in [2.75, 3.05) is 11.1 Å². The zero-order valence-electron chi connectivity index (χ0n) is 17.1. The summed E-state index contributed by atoms with van der Waals surface area (Å²) >= 11 is 6.30. The van der Waals surface area contributed by atoms with E-state index in [0.29, 0.717) is 27.3 Å². The highest BCUT2D eigenvalue weighted by Gasteiger charge is 2.22. The number of hydrogen-bond acceptors (Lipinski definition) is 7. The number of hydrogen-bond donors (Lipinski definition) is 1. The van der Waals surface area contributed by atoms with Crippen LogP contribution in [0.3, 0.4) is 0 Å². The van der Waals surface area contributed by atoms with Crippen LogP contribution in [0.15, 0.2) is 38.3 Å². The number of anilines is 1. The molecule has 5 rings (SSSR count). The molecule has 1 N–H and O–H groups in total. The first kappa shape index (κ1) is 21.2. The number of fused-ring (bicyclic) bond motifs is 2. The lowest BCUT2D eigenvalue weighted by molar-refractivity contribution is -0.113. The maximum Gasteiger partial charge on any atom is 0.235 e. The van der Waals surface area contributed by atoms with Crippen molar-refractivity contribution in [2.45, 2.75) is 30.8 Å². The number of amides is 1. The summed E-state index contributed by atoms with van der Waals surface area (Å²) in [6.07, 6.45) is 4.14. The molecule has 0 bridgehead atoms. The third kappa shape index (κ3) is 3.96. The molecule has 1 aromatic carbocycles. The van der Waals surface area contributed by atoms with Gasteiger partial charge in [0.25, 0.3) is 0 Å². The first-order valence-electron chi connectivity index (χ1n) is 10.1. The van der Waals surface area contributed by atoms with Crippen molar-refractivity contribution in [2.24, 2.45) is 7.05 Å². The SMILES string of the molecule is Cn1c(SCC(=O)Nc2sc3c(c2C#N)CCCC3)nnc1-c1cc2cc(Br)ccc2o1. The van der Waals surface area contributed by atoms with E-state index in [1.54, 1.807) is 0 Å². The predicted octanol–water partition coefficient (Wildman–Crippen LogP) is 5.53. The van der Waals surface area contributed by atoms with E-state index >= 15 is 0 Å². The molecule has 0 saturated heterocycles. The van der Waals surface area contributed by atoms with Crippen molar-refractivity contribution in [3.05, 3.63) is 44.7 Å². The number of carbonyl (C=O) groups is 1. The average molecular weight is 528 g/mol. The topological polar surface area (TPSA) is 96.7 Å². The summed E-state index contributed by atoms with van der Waals surface area (Å²) < 4.78 is 8.70. The van der Waals surface area contributed by atoms with Crippen LogP contribution in [0, 0.1) is 11.3 Å². The van der Waals surface area contributed by atoms with Gasteiger partial charge in [0.15, 0.2) is 16.7 Å². The number of nitrogens with one attached hydrogen (secondary N) is 1. The molecule has 0 saturated carbocycles. The van der Waals surface area contributed by atoms with Gasteiger partial charge in [-0.05, 0) is 55.5 Å². The van der Waals surface area contributed by atoms with Crippen LogP contribution in [-0.2, 0) is 24.7 Å². The second-order valence-corrected chi connectivity index (χ2v) is 10.5. The zero-order valence-corrected chi connectivity index (χ0v) is 20.4. The van der Waals surface area contributed by atoms with Gasteiger partial charge in [0, 0.05) is 21.8 Å². The number of thioether (sulfide) groups is 1. The summed E-state index contributed by atoms with van der Waals surface area (Å²) in [6.45, 7) is 0. The van der Waals surface area contributed by atoms with Crippen LogP contribution in [0.1, 0.15) is 28.8 Å². The highest BCUT2D eigenvalue weighted by molar-refractivity contribution is 9.10. The number of thiophene rings is 1. The van der Waals surface area contributed by atoms with Crippen LogP contribution in [-0.4, -0.2) is 26.4 Å². The highest BCUT2D eigenvalue weighted by Crippen LogP contribution is 2.38. The molecule has 162 valence electrons. The van der Waals surface area contributed by atoms with E-state index in [0.717, 1.165) is 46.7 Å². The van der Waals surface area contributed by atoms with Crippen molar-refractivity contribution < 1.29 is 9.21 Å². The third-order valence-electron chi connectivity index (χ3n) is 5.40. The summed E-state index contributed by atoms with van der Waals surface area (Å²) in [7, 11) is 1.85. The van der Waals surface area contributed by atoms with E-state index in [1.165, 1.54) is 28.0 Å². The van der Waals surface area contributed by atoms with Gasteiger partial charge in [-0.1, -0.05) is 27.7 Å². The Morgan fingerprint density at radius 2 is 2.19 bits per heavy atom. The monoisotopic (exact) mass is 527 g/mol. The fourth-order valence-electron chi connectivity index (χ4n) is 3.84. The minimum Gasteiger partial charge on any atom is -0.453 e. The van der Waals surface area contributed by atoms with Gasteiger partial charge in [-0.25, -0.2) is 0 Å². The molecule has 0 radical (unpaired) electrons. The fourth-order valence-corrected chi connectivity index (χ4v) is 6.19. The Kier molecular flexibility index (Phi) is 5.80. The Morgan fingerprint density at radius 3 is 3.03 bits per heavy atom. The molecule has 1 amide bonds. The number of aryl methyl sites for hydroxylation is 1. The van der Waals surface area contributed by atoms with Crippen molar-refractivity contribution in [1.29, 1.82) is 5.26 Å². The maximum absolute atomic E-state index is 12.6. The van der Waals surface area contributed by atoms with Crippen molar-refractivity contribution in [3.63, 3.8) is 0 Å². The van der Waals surface area contributed by atoms with Gasteiger partial charge < -0.3 is 14.3 Å².